The molecule has 0 aliphatic rings. The first-order valence-corrected chi connectivity index (χ1v) is 13.9. The van der Waals surface area contributed by atoms with Crippen molar-refractivity contribution in [1.29, 1.82) is 0 Å². The summed E-state index contributed by atoms with van der Waals surface area (Å²) in [7, 11) is 7.28. The van der Waals surface area contributed by atoms with Crippen molar-refractivity contribution in [2.45, 2.75) is 37.5 Å². The summed E-state index contributed by atoms with van der Waals surface area (Å²) >= 11 is 0. The Morgan fingerprint density at radius 1 is 0.538 bits per heavy atom. The smallest absolute Gasteiger partial charge is 0.0366 e. The Labute approximate surface area is 174 Å². The number of benzene rings is 2. The van der Waals surface area contributed by atoms with Gasteiger partial charge in [-0.2, -0.15) is 0 Å². The van der Waals surface area contributed by atoms with E-state index in [1.54, 1.807) is 0 Å². The lowest BCUT2D eigenvalue weighted by molar-refractivity contribution is 0.865. The van der Waals surface area contributed by atoms with E-state index in [1.807, 2.05) is 41.2 Å². The van der Waals surface area contributed by atoms with Gasteiger partial charge in [0.05, 0.1) is 0 Å². The van der Waals surface area contributed by atoms with Crippen LogP contribution < -0.4 is 9.80 Å². The van der Waals surface area contributed by atoms with Crippen molar-refractivity contribution >= 4 is 52.6 Å². The Balaban J connectivity index is 1.76. The van der Waals surface area contributed by atoms with Crippen LogP contribution in [0.15, 0.2) is 58.3 Å². The third-order valence-electron chi connectivity index (χ3n) is 4.22. The summed E-state index contributed by atoms with van der Waals surface area (Å²) in [5.41, 5.74) is 2.61. The molecule has 2 rings (SSSR count). The zero-order valence-corrected chi connectivity index (χ0v) is 19.2. The van der Waals surface area contributed by atoms with Gasteiger partial charge in [-0.15, -0.1) is 0 Å². The SMILES string of the molecule is CCN(CC)c1ccc(SSSSc2ccc(N(CC)CC)cc2)cc1. The van der Waals surface area contributed by atoms with Crippen molar-refractivity contribution in [1.82, 2.24) is 0 Å². The van der Waals surface area contributed by atoms with E-state index in [0.717, 1.165) is 26.2 Å². The summed E-state index contributed by atoms with van der Waals surface area (Å²) in [6.45, 7) is 13.0. The third-order valence-corrected chi connectivity index (χ3v) is 10.3. The van der Waals surface area contributed by atoms with Crippen molar-refractivity contribution in [3.63, 3.8) is 0 Å². The van der Waals surface area contributed by atoms with Crippen LogP contribution in [0.3, 0.4) is 0 Å². The van der Waals surface area contributed by atoms with Crippen LogP contribution in [-0.4, -0.2) is 26.2 Å². The van der Waals surface area contributed by atoms with Crippen molar-refractivity contribution in [2.24, 2.45) is 0 Å². The summed E-state index contributed by atoms with van der Waals surface area (Å²) in [5.74, 6) is 0. The minimum atomic E-state index is 1.05. The topological polar surface area (TPSA) is 6.48 Å². The molecule has 2 nitrogen and oxygen atoms in total. The number of rotatable bonds is 11. The van der Waals surface area contributed by atoms with Gasteiger partial charge in [-0.25, -0.2) is 0 Å². The second-order valence-electron chi connectivity index (χ2n) is 5.64. The lowest BCUT2D eigenvalue weighted by atomic mass is 10.3. The fourth-order valence-electron chi connectivity index (χ4n) is 2.71. The van der Waals surface area contributed by atoms with Gasteiger partial charge in [0.25, 0.3) is 0 Å². The summed E-state index contributed by atoms with van der Waals surface area (Å²) in [4.78, 5) is 7.34. The Hall–Kier alpha value is -0.560. The Morgan fingerprint density at radius 2 is 0.846 bits per heavy atom. The molecule has 0 aliphatic heterocycles. The van der Waals surface area contributed by atoms with Crippen molar-refractivity contribution < 1.29 is 0 Å². The minimum absolute atomic E-state index is 1.05. The molecule has 0 unspecified atom stereocenters. The minimum Gasteiger partial charge on any atom is -0.372 e. The first-order chi connectivity index (χ1) is 12.7. The molecule has 0 bridgehead atoms. The highest BCUT2D eigenvalue weighted by Gasteiger charge is 2.04. The van der Waals surface area contributed by atoms with E-state index >= 15 is 0 Å². The second-order valence-corrected chi connectivity index (χ2v) is 11.4. The Bertz CT molecular complexity index is 566. The summed E-state index contributed by atoms with van der Waals surface area (Å²) in [5, 5.41) is 0. The third kappa shape index (κ3) is 6.55. The molecule has 0 heterocycles. The highest BCUT2D eigenvalue weighted by atomic mass is 33.7. The molecule has 6 heteroatoms. The summed E-state index contributed by atoms with van der Waals surface area (Å²) < 4.78 is 0. The summed E-state index contributed by atoms with van der Waals surface area (Å²) in [6, 6.07) is 17.8. The van der Waals surface area contributed by atoms with Crippen LogP contribution in [-0.2, 0) is 0 Å². The maximum absolute atomic E-state index is 2.37. The van der Waals surface area contributed by atoms with E-state index in [2.05, 4.69) is 86.0 Å². The second kappa shape index (κ2) is 12.0. The van der Waals surface area contributed by atoms with Crippen molar-refractivity contribution in [2.75, 3.05) is 36.0 Å². The molecule has 0 N–H and O–H groups in total. The molecular weight excluding hydrogens is 397 g/mol. The molecule has 2 aromatic rings. The monoisotopic (exact) mass is 424 g/mol. The van der Waals surface area contributed by atoms with Gasteiger partial charge in [-0.3, -0.25) is 0 Å². The molecule has 0 saturated heterocycles. The van der Waals surface area contributed by atoms with Crippen LogP contribution in [0.2, 0.25) is 0 Å². The van der Waals surface area contributed by atoms with Gasteiger partial charge in [-0.1, -0.05) is 0 Å². The normalized spacial score (nSPS) is 10.8. The number of hydrogen-bond donors (Lipinski definition) is 0. The van der Waals surface area contributed by atoms with Crippen LogP contribution in [0.5, 0.6) is 0 Å². The van der Waals surface area contributed by atoms with Gasteiger partial charge in [0.1, 0.15) is 0 Å². The van der Waals surface area contributed by atoms with E-state index in [-0.39, 0.29) is 0 Å². The molecule has 0 amide bonds. The molecule has 0 aliphatic carbocycles. The number of anilines is 2. The average molecular weight is 425 g/mol. The molecule has 26 heavy (non-hydrogen) atoms. The van der Waals surface area contributed by atoms with Gasteiger partial charge in [0, 0.05) is 47.3 Å². The fraction of sp³-hybridized carbons (Fsp3) is 0.400. The molecule has 0 fully saturated rings. The highest BCUT2D eigenvalue weighted by molar-refractivity contribution is 9.26. The summed E-state index contributed by atoms with van der Waals surface area (Å²) in [6.07, 6.45) is 0. The van der Waals surface area contributed by atoms with Crippen LogP contribution in [0.25, 0.3) is 0 Å². The maximum Gasteiger partial charge on any atom is 0.0366 e. The molecule has 0 spiro atoms. The molecule has 0 aromatic heterocycles. The van der Waals surface area contributed by atoms with E-state index in [0.29, 0.717) is 0 Å². The molecular formula is C20H28N2S4. The first-order valence-electron chi connectivity index (χ1n) is 9.09. The lowest BCUT2D eigenvalue weighted by Crippen LogP contribution is -2.21. The number of hydrogen-bond acceptors (Lipinski definition) is 6. The van der Waals surface area contributed by atoms with Gasteiger partial charge in [0.2, 0.25) is 0 Å². The van der Waals surface area contributed by atoms with Gasteiger partial charge in [0.15, 0.2) is 0 Å². The largest absolute Gasteiger partial charge is 0.372 e. The molecule has 142 valence electrons. The lowest BCUT2D eigenvalue weighted by Gasteiger charge is -2.21. The molecule has 0 radical (unpaired) electrons. The Morgan fingerprint density at radius 3 is 1.12 bits per heavy atom. The van der Waals surface area contributed by atoms with E-state index in [1.165, 1.54) is 21.2 Å². The number of nitrogens with zero attached hydrogens (tertiary/aromatic N) is 2. The van der Waals surface area contributed by atoms with Crippen LogP contribution in [0, 0.1) is 0 Å². The van der Waals surface area contributed by atoms with E-state index < -0.39 is 0 Å². The predicted octanol–water partition coefficient (Wildman–Crippen LogP) is 7.47. The standard InChI is InChI=1S/C20H28N2S4/c1-5-21(6-2)17-9-13-19(14-10-17)23-25-26-24-20-15-11-18(12-16-20)22(7-3)8-4/h9-16H,5-8H2,1-4H3. The fourth-order valence-corrected chi connectivity index (χ4v) is 8.13. The van der Waals surface area contributed by atoms with Gasteiger partial charge in [-0.05, 0) is 117 Å². The van der Waals surface area contributed by atoms with Crippen molar-refractivity contribution in [3.8, 4) is 0 Å². The quantitative estimate of drug-likeness (QED) is 0.270. The van der Waals surface area contributed by atoms with Gasteiger partial charge < -0.3 is 9.80 Å². The highest BCUT2D eigenvalue weighted by Crippen LogP contribution is 2.49. The van der Waals surface area contributed by atoms with E-state index in [4.69, 9.17) is 0 Å². The zero-order valence-electron chi connectivity index (χ0n) is 16.0. The zero-order chi connectivity index (χ0) is 18.8. The molecule has 0 saturated carbocycles. The van der Waals surface area contributed by atoms with Gasteiger partial charge >= 0.3 is 0 Å². The average Bonchev–Trinajstić information content (AvgIpc) is 2.69. The van der Waals surface area contributed by atoms with Crippen LogP contribution in [0.4, 0.5) is 11.4 Å². The predicted molar refractivity (Wildman–Crippen MR) is 127 cm³/mol. The molecule has 2 aromatic carbocycles. The van der Waals surface area contributed by atoms with Crippen LogP contribution >= 0.6 is 41.2 Å². The van der Waals surface area contributed by atoms with Crippen molar-refractivity contribution in [3.05, 3.63) is 48.5 Å². The Kier molecular flexibility index (Phi) is 10.0. The van der Waals surface area contributed by atoms with E-state index in [9.17, 15) is 0 Å². The molecule has 0 atom stereocenters. The maximum atomic E-state index is 2.37. The van der Waals surface area contributed by atoms with Crippen LogP contribution in [0.1, 0.15) is 27.7 Å². The first kappa shape index (κ1) is 21.7.